The Morgan fingerprint density at radius 3 is 2.41 bits per heavy atom. The van der Waals surface area contributed by atoms with E-state index in [9.17, 15) is 4.79 Å². The lowest BCUT2D eigenvalue weighted by Gasteiger charge is -2.17. The Balaban J connectivity index is 1.67. The van der Waals surface area contributed by atoms with Crippen molar-refractivity contribution in [1.29, 1.82) is 0 Å². The van der Waals surface area contributed by atoms with E-state index in [1.54, 1.807) is 12.3 Å². The number of rotatable bonds is 4. The van der Waals surface area contributed by atoms with E-state index in [-0.39, 0.29) is 5.91 Å². The number of nitrogens with zero attached hydrogens (tertiary/aromatic N) is 1. The fourth-order valence-electron chi connectivity index (χ4n) is 2.28. The van der Waals surface area contributed by atoms with E-state index in [1.165, 1.54) is 25.7 Å². The minimum atomic E-state index is 0.0220. The van der Waals surface area contributed by atoms with Crippen LogP contribution in [0.2, 0.25) is 0 Å². The van der Waals surface area contributed by atoms with Gasteiger partial charge in [0.15, 0.2) is 0 Å². The summed E-state index contributed by atoms with van der Waals surface area (Å²) in [6, 6.07) is 4.02. The summed E-state index contributed by atoms with van der Waals surface area (Å²) in [5.74, 6) is 1.48. The van der Waals surface area contributed by atoms with Gasteiger partial charge in [-0.3, -0.25) is 4.79 Å². The zero-order chi connectivity index (χ0) is 11.8. The van der Waals surface area contributed by atoms with E-state index in [2.05, 4.69) is 26.2 Å². The monoisotopic (exact) mass is 294 g/mol. The van der Waals surface area contributed by atoms with Crippen molar-refractivity contribution in [2.75, 3.05) is 0 Å². The summed E-state index contributed by atoms with van der Waals surface area (Å²) in [6.07, 6.45) is 6.73. The maximum atomic E-state index is 12.1. The van der Waals surface area contributed by atoms with Crippen molar-refractivity contribution in [3.05, 3.63) is 28.5 Å². The van der Waals surface area contributed by atoms with Crippen LogP contribution in [0.25, 0.3) is 0 Å². The number of nitrogens with one attached hydrogen (secondary N) is 1. The van der Waals surface area contributed by atoms with Crippen molar-refractivity contribution < 1.29 is 4.79 Å². The second-order valence-electron chi connectivity index (χ2n) is 5.04. The second kappa shape index (κ2) is 4.41. The van der Waals surface area contributed by atoms with Gasteiger partial charge in [-0.05, 0) is 65.6 Å². The first-order chi connectivity index (χ1) is 8.24. The number of hydrogen-bond acceptors (Lipinski definition) is 2. The molecule has 0 saturated heterocycles. The summed E-state index contributed by atoms with van der Waals surface area (Å²) >= 11 is 3.27. The van der Waals surface area contributed by atoms with E-state index < -0.39 is 0 Å². The van der Waals surface area contributed by atoms with Crippen LogP contribution in [0, 0.1) is 11.8 Å². The molecule has 17 heavy (non-hydrogen) atoms. The predicted octanol–water partition coefficient (Wildman–Crippen LogP) is 2.76. The highest BCUT2D eigenvalue weighted by Crippen LogP contribution is 2.44. The Morgan fingerprint density at radius 2 is 1.94 bits per heavy atom. The molecule has 0 bridgehead atoms. The van der Waals surface area contributed by atoms with Crippen LogP contribution in [0.1, 0.15) is 36.0 Å². The molecule has 0 unspecified atom stereocenters. The zero-order valence-corrected chi connectivity index (χ0v) is 11.1. The van der Waals surface area contributed by atoms with E-state index >= 15 is 0 Å². The zero-order valence-electron chi connectivity index (χ0n) is 9.53. The molecule has 2 aliphatic rings. The first-order valence-corrected chi connectivity index (χ1v) is 6.96. The number of carbonyl (C=O) groups is 1. The minimum Gasteiger partial charge on any atom is -0.349 e. The molecule has 0 atom stereocenters. The fraction of sp³-hybridized carbons (Fsp3) is 0.538. The Morgan fingerprint density at radius 1 is 1.29 bits per heavy atom. The van der Waals surface area contributed by atoms with Crippen molar-refractivity contribution >= 4 is 21.8 Å². The van der Waals surface area contributed by atoms with Crippen LogP contribution in [0.3, 0.4) is 0 Å². The Bertz CT molecular complexity index is 412. The molecule has 0 aliphatic heterocycles. The molecule has 1 heterocycles. The third kappa shape index (κ3) is 2.68. The van der Waals surface area contributed by atoms with Gasteiger partial charge >= 0.3 is 0 Å². The molecule has 0 aromatic carbocycles. The number of amides is 1. The quantitative estimate of drug-likeness (QED) is 0.868. The number of carbonyl (C=O) groups excluding carboxylic acids is 1. The molecule has 3 rings (SSSR count). The third-order valence-electron chi connectivity index (χ3n) is 3.55. The van der Waals surface area contributed by atoms with Gasteiger partial charge in [0.1, 0.15) is 4.60 Å². The molecule has 0 radical (unpaired) electrons. The molecule has 4 heteroatoms. The van der Waals surface area contributed by atoms with Crippen LogP contribution in [0.15, 0.2) is 22.9 Å². The standard InChI is InChI=1S/C13H15BrN2O/c14-11-6-5-10(7-15-11)13(17)16-12(8-1-2-8)9-3-4-9/h5-9,12H,1-4H2,(H,16,17). The molecule has 2 fully saturated rings. The molecule has 90 valence electrons. The summed E-state index contributed by atoms with van der Waals surface area (Å²) < 4.78 is 0.759. The Kier molecular flexibility index (Phi) is 2.90. The van der Waals surface area contributed by atoms with Crippen LogP contribution < -0.4 is 5.32 Å². The van der Waals surface area contributed by atoms with Gasteiger partial charge in [0.05, 0.1) is 5.56 Å². The Labute approximate surface area is 109 Å². The van der Waals surface area contributed by atoms with E-state index in [4.69, 9.17) is 0 Å². The van der Waals surface area contributed by atoms with E-state index in [0.29, 0.717) is 11.6 Å². The molecule has 1 aromatic rings. The van der Waals surface area contributed by atoms with Gasteiger partial charge in [-0.2, -0.15) is 0 Å². The van der Waals surface area contributed by atoms with Gasteiger partial charge in [-0.1, -0.05) is 0 Å². The highest BCUT2D eigenvalue weighted by atomic mass is 79.9. The summed E-state index contributed by atoms with van der Waals surface area (Å²) in [7, 11) is 0. The van der Waals surface area contributed by atoms with Gasteiger partial charge in [0.25, 0.3) is 5.91 Å². The molecular formula is C13H15BrN2O. The van der Waals surface area contributed by atoms with Crippen LogP contribution in [0.4, 0.5) is 0 Å². The molecule has 0 spiro atoms. The smallest absolute Gasteiger partial charge is 0.253 e. The van der Waals surface area contributed by atoms with Crippen LogP contribution >= 0.6 is 15.9 Å². The maximum Gasteiger partial charge on any atom is 0.253 e. The van der Waals surface area contributed by atoms with Gasteiger partial charge in [-0.15, -0.1) is 0 Å². The summed E-state index contributed by atoms with van der Waals surface area (Å²) in [5, 5.41) is 3.18. The first-order valence-electron chi connectivity index (χ1n) is 6.16. The van der Waals surface area contributed by atoms with Crippen molar-refractivity contribution in [3.63, 3.8) is 0 Å². The molecule has 2 saturated carbocycles. The number of halogens is 1. The maximum absolute atomic E-state index is 12.1. The normalized spacial score (nSPS) is 19.4. The highest BCUT2D eigenvalue weighted by Gasteiger charge is 2.42. The Hall–Kier alpha value is -0.900. The van der Waals surface area contributed by atoms with Crippen molar-refractivity contribution in [1.82, 2.24) is 10.3 Å². The van der Waals surface area contributed by atoms with Crippen molar-refractivity contribution in [2.24, 2.45) is 11.8 Å². The SMILES string of the molecule is O=C(NC(C1CC1)C1CC1)c1ccc(Br)nc1. The lowest BCUT2D eigenvalue weighted by Crippen LogP contribution is -2.38. The molecule has 2 aliphatic carbocycles. The third-order valence-corrected chi connectivity index (χ3v) is 4.02. The second-order valence-corrected chi connectivity index (χ2v) is 5.86. The van der Waals surface area contributed by atoms with Crippen LogP contribution in [-0.4, -0.2) is 16.9 Å². The predicted molar refractivity (Wildman–Crippen MR) is 68.6 cm³/mol. The van der Waals surface area contributed by atoms with E-state index in [1.807, 2.05) is 6.07 Å². The minimum absolute atomic E-state index is 0.0220. The van der Waals surface area contributed by atoms with Crippen LogP contribution in [-0.2, 0) is 0 Å². The lowest BCUT2D eigenvalue weighted by atomic mass is 10.1. The molecule has 1 N–H and O–H groups in total. The number of pyridine rings is 1. The average molecular weight is 295 g/mol. The summed E-state index contributed by atoms with van der Waals surface area (Å²) in [5.41, 5.74) is 0.652. The highest BCUT2D eigenvalue weighted by molar-refractivity contribution is 9.10. The van der Waals surface area contributed by atoms with E-state index in [0.717, 1.165) is 16.4 Å². The topological polar surface area (TPSA) is 42.0 Å². The van der Waals surface area contributed by atoms with Crippen LogP contribution in [0.5, 0.6) is 0 Å². The largest absolute Gasteiger partial charge is 0.349 e. The number of aromatic nitrogens is 1. The van der Waals surface area contributed by atoms with Gasteiger partial charge < -0.3 is 5.32 Å². The van der Waals surface area contributed by atoms with Gasteiger partial charge in [0.2, 0.25) is 0 Å². The molecular weight excluding hydrogens is 280 g/mol. The van der Waals surface area contributed by atoms with Crippen molar-refractivity contribution in [2.45, 2.75) is 31.7 Å². The molecule has 1 amide bonds. The summed E-state index contributed by atoms with van der Waals surface area (Å²) in [4.78, 5) is 16.1. The molecule has 1 aromatic heterocycles. The number of hydrogen-bond donors (Lipinski definition) is 1. The fourth-order valence-corrected chi connectivity index (χ4v) is 2.51. The first kappa shape index (κ1) is 11.2. The van der Waals surface area contributed by atoms with Gasteiger partial charge in [0, 0.05) is 12.2 Å². The average Bonchev–Trinajstić information content (AvgIpc) is 3.17. The summed E-state index contributed by atoms with van der Waals surface area (Å²) in [6.45, 7) is 0. The van der Waals surface area contributed by atoms with Crippen molar-refractivity contribution in [3.8, 4) is 0 Å². The molecule has 3 nitrogen and oxygen atoms in total. The lowest BCUT2D eigenvalue weighted by molar-refractivity contribution is 0.0926. The van der Waals surface area contributed by atoms with Gasteiger partial charge in [-0.25, -0.2) is 4.98 Å².